The molecule has 2 aromatic heterocycles. The maximum Gasteiger partial charge on any atom is 0.349 e. The summed E-state index contributed by atoms with van der Waals surface area (Å²) in [6, 6.07) is 11.0. The molecule has 2 N–H and O–H groups in total. The number of nitrogens with one attached hydrogen (secondary N) is 2. The fourth-order valence-electron chi connectivity index (χ4n) is 3.51. The lowest BCUT2D eigenvalue weighted by Gasteiger charge is -2.12. The third-order valence-corrected chi connectivity index (χ3v) is 7.80. The average molecular weight is 554 g/mol. The summed E-state index contributed by atoms with van der Waals surface area (Å²) in [4.78, 5) is 12.3. The number of thiocarbonyl (C=S) groups is 1. The Labute approximate surface area is 220 Å². The van der Waals surface area contributed by atoms with Crippen molar-refractivity contribution in [1.29, 1.82) is 0 Å². The molecule has 2 heterocycles. The van der Waals surface area contributed by atoms with Gasteiger partial charge < -0.3 is 15.4 Å². The van der Waals surface area contributed by atoms with E-state index in [1.807, 2.05) is 42.8 Å². The monoisotopic (exact) mass is 552 g/mol. The van der Waals surface area contributed by atoms with Crippen LogP contribution in [0, 0.1) is 13.8 Å². The number of methoxy groups -OCH3 is 1. The van der Waals surface area contributed by atoms with Gasteiger partial charge in [0.2, 0.25) is 0 Å². The van der Waals surface area contributed by atoms with Crippen molar-refractivity contribution < 1.29 is 9.53 Å². The molecule has 0 aliphatic rings. The van der Waals surface area contributed by atoms with Crippen LogP contribution in [-0.4, -0.2) is 28.0 Å². The van der Waals surface area contributed by atoms with Gasteiger partial charge in [0.05, 0.1) is 35.8 Å². The van der Waals surface area contributed by atoms with E-state index in [1.165, 1.54) is 18.4 Å². The highest BCUT2D eigenvalue weighted by Gasteiger charge is 2.19. The molecule has 0 aliphatic carbocycles. The van der Waals surface area contributed by atoms with E-state index in [9.17, 15) is 4.79 Å². The summed E-state index contributed by atoms with van der Waals surface area (Å²) in [5.74, 6) is -0.459. The zero-order valence-corrected chi connectivity index (χ0v) is 22.2. The summed E-state index contributed by atoms with van der Waals surface area (Å²) in [6.45, 7) is 4.28. The maximum absolute atomic E-state index is 11.9. The first kappa shape index (κ1) is 24.8. The number of ether oxygens (including phenoxy) is 1. The first-order valence-electron chi connectivity index (χ1n) is 10.0. The number of rotatable bonds is 5. The van der Waals surface area contributed by atoms with E-state index in [0.717, 1.165) is 38.4 Å². The van der Waals surface area contributed by atoms with Crippen molar-refractivity contribution in [2.75, 3.05) is 17.7 Å². The van der Waals surface area contributed by atoms with Crippen LogP contribution in [0.3, 0.4) is 0 Å². The van der Waals surface area contributed by atoms with Crippen LogP contribution in [0.25, 0.3) is 10.1 Å². The van der Waals surface area contributed by atoms with Gasteiger partial charge in [0, 0.05) is 31.4 Å². The minimum atomic E-state index is -0.459. The van der Waals surface area contributed by atoms with Gasteiger partial charge in [-0.25, -0.2) is 4.79 Å². The van der Waals surface area contributed by atoms with Crippen molar-refractivity contribution in [3.05, 3.63) is 73.3 Å². The fraction of sp³-hybridized carbons (Fsp3) is 0.174. The summed E-state index contributed by atoms with van der Waals surface area (Å²) in [6.07, 6.45) is 0. The number of fused-ring (bicyclic) bond motifs is 1. The van der Waals surface area contributed by atoms with Gasteiger partial charge in [0.25, 0.3) is 0 Å². The highest BCUT2D eigenvalue weighted by Crippen LogP contribution is 2.37. The zero-order chi connectivity index (χ0) is 24.6. The zero-order valence-electron chi connectivity index (χ0n) is 18.3. The molecule has 6 nitrogen and oxygen atoms in total. The summed E-state index contributed by atoms with van der Waals surface area (Å²) >= 11 is 25.8. The van der Waals surface area contributed by atoms with Crippen molar-refractivity contribution >= 4 is 90.9 Å². The number of hydrogen-bond donors (Lipinski definition) is 2. The Morgan fingerprint density at radius 1 is 1.15 bits per heavy atom. The van der Waals surface area contributed by atoms with E-state index in [1.54, 1.807) is 12.1 Å². The van der Waals surface area contributed by atoms with E-state index in [2.05, 4.69) is 15.7 Å². The number of halogens is 3. The normalized spacial score (nSPS) is 11.0. The number of esters is 1. The molecule has 4 aromatic rings. The largest absolute Gasteiger partial charge is 0.465 e. The molecule has 0 spiro atoms. The van der Waals surface area contributed by atoms with Crippen molar-refractivity contribution in [3.8, 4) is 0 Å². The molecule has 0 radical (unpaired) electrons. The van der Waals surface area contributed by atoms with Crippen molar-refractivity contribution in [2.45, 2.75) is 20.4 Å². The quantitative estimate of drug-likeness (QED) is 0.199. The lowest BCUT2D eigenvalue weighted by Crippen LogP contribution is -2.20. The lowest BCUT2D eigenvalue weighted by molar-refractivity contribution is 0.0606. The van der Waals surface area contributed by atoms with Crippen LogP contribution in [0.15, 0.2) is 36.4 Å². The molecule has 4 rings (SSSR count). The van der Waals surface area contributed by atoms with Crippen LogP contribution in [0.2, 0.25) is 15.1 Å². The average Bonchev–Trinajstić information content (AvgIpc) is 3.26. The standard InChI is InChI=1S/C23H19Cl3N4O2S2/c1-11-20(12(2)30(29-11)10-15-16(24)5-4-6-17(15)25)28-23(33)27-13-7-8-14-18(9-13)34-21(19(14)26)22(31)32-3/h4-9H,10H2,1-3H3,(H2,27,28,33). The number of nitrogens with zero attached hydrogens (tertiary/aromatic N) is 2. The Bertz CT molecular complexity index is 1410. The highest BCUT2D eigenvalue weighted by molar-refractivity contribution is 7.80. The number of carbonyl (C=O) groups is 1. The number of thiophene rings is 1. The molecule has 0 atom stereocenters. The molecule has 0 aliphatic heterocycles. The number of benzene rings is 2. The van der Waals surface area contributed by atoms with Gasteiger partial charge in [-0.3, -0.25) is 4.68 Å². The van der Waals surface area contributed by atoms with Crippen LogP contribution >= 0.6 is 58.4 Å². The summed E-state index contributed by atoms with van der Waals surface area (Å²) in [5, 5.41) is 13.8. The van der Waals surface area contributed by atoms with Gasteiger partial charge in [-0.05, 0) is 56.4 Å². The molecule has 0 unspecified atom stereocenters. The first-order valence-corrected chi connectivity index (χ1v) is 12.4. The number of carbonyl (C=O) groups excluding carboxylic acids is 1. The predicted octanol–water partition coefficient (Wildman–Crippen LogP) is 7.32. The van der Waals surface area contributed by atoms with Crippen LogP contribution < -0.4 is 10.6 Å². The summed E-state index contributed by atoms with van der Waals surface area (Å²) < 4.78 is 7.48. The molecule has 0 saturated carbocycles. The van der Waals surface area contributed by atoms with Crippen molar-refractivity contribution in [3.63, 3.8) is 0 Å². The number of aryl methyl sites for hydroxylation is 1. The Balaban J connectivity index is 1.52. The van der Waals surface area contributed by atoms with E-state index in [0.29, 0.717) is 31.6 Å². The third-order valence-electron chi connectivity index (χ3n) is 5.25. The molecule has 0 amide bonds. The van der Waals surface area contributed by atoms with Crippen LogP contribution in [0.4, 0.5) is 11.4 Å². The Kier molecular flexibility index (Phi) is 7.35. The van der Waals surface area contributed by atoms with E-state index in [4.69, 9.17) is 51.8 Å². The van der Waals surface area contributed by atoms with Gasteiger partial charge in [0.1, 0.15) is 4.88 Å². The number of anilines is 2. The topological polar surface area (TPSA) is 68.2 Å². The molecule has 2 aromatic carbocycles. The van der Waals surface area contributed by atoms with Crippen molar-refractivity contribution in [1.82, 2.24) is 9.78 Å². The Morgan fingerprint density at radius 3 is 2.53 bits per heavy atom. The highest BCUT2D eigenvalue weighted by atomic mass is 35.5. The van der Waals surface area contributed by atoms with E-state index < -0.39 is 5.97 Å². The summed E-state index contributed by atoms with van der Waals surface area (Å²) in [5.41, 5.74) is 4.03. The second-order valence-electron chi connectivity index (χ2n) is 7.43. The van der Waals surface area contributed by atoms with Crippen LogP contribution in [0.1, 0.15) is 26.6 Å². The molecule has 0 fully saturated rings. The SMILES string of the molecule is COC(=O)c1sc2cc(NC(=S)Nc3c(C)nn(Cc4c(Cl)cccc4Cl)c3C)ccc2c1Cl. The van der Waals surface area contributed by atoms with Gasteiger partial charge >= 0.3 is 5.97 Å². The number of aromatic nitrogens is 2. The van der Waals surface area contributed by atoms with Gasteiger partial charge in [-0.15, -0.1) is 11.3 Å². The molecule has 0 bridgehead atoms. The van der Waals surface area contributed by atoms with Gasteiger partial charge in [-0.2, -0.15) is 5.10 Å². The first-order chi connectivity index (χ1) is 16.2. The van der Waals surface area contributed by atoms with Gasteiger partial charge in [0.15, 0.2) is 5.11 Å². The fourth-order valence-corrected chi connectivity index (χ4v) is 5.71. The van der Waals surface area contributed by atoms with E-state index in [-0.39, 0.29) is 0 Å². The molecule has 11 heteroatoms. The maximum atomic E-state index is 11.9. The lowest BCUT2D eigenvalue weighted by atomic mass is 10.2. The van der Waals surface area contributed by atoms with Gasteiger partial charge in [-0.1, -0.05) is 40.9 Å². The number of hydrogen-bond acceptors (Lipinski definition) is 5. The third kappa shape index (κ3) is 4.87. The Hall–Kier alpha value is -2.36. The molecule has 34 heavy (non-hydrogen) atoms. The molecule has 0 saturated heterocycles. The smallest absolute Gasteiger partial charge is 0.349 e. The summed E-state index contributed by atoms with van der Waals surface area (Å²) in [7, 11) is 1.33. The minimum Gasteiger partial charge on any atom is -0.465 e. The Morgan fingerprint density at radius 2 is 1.85 bits per heavy atom. The molecular formula is C23H19Cl3N4O2S2. The van der Waals surface area contributed by atoms with Crippen LogP contribution in [-0.2, 0) is 11.3 Å². The van der Waals surface area contributed by atoms with Crippen molar-refractivity contribution in [2.24, 2.45) is 0 Å². The van der Waals surface area contributed by atoms with E-state index >= 15 is 0 Å². The molecular weight excluding hydrogens is 535 g/mol. The van der Waals surface area contributed by atoms with Crippen LogP contribution in [0.5, 0.6) is 0 Å². The predicted molar refractivity (Wildman–Crippen MR) is 145 cm³/mol. The second-order valence-corrected chi connectivity index (χ2v) is 10.1. The minimum absolute atomic E-state index is 0.370. The second kappa shape index (κ2) is 10.1. The molecule has 176 valence electrons.